The van der Waals surface area contributed by atoms with E-state index in [-0.39, 0.29) is 12.3 Å². The molecule has 1 amide bonds. The molecule has 1 N–H and O–H groups in total. The molecule has 0 aliphatic carbocycles. The van der Waals surface area contributed by atoms with Gasteiger partial charge in [-0.05, 0) is 35.0 Å². The quantitative estimate of drug-likeness (QED) is 0.301. The zero-order valence-electron chi connectivity index (χ0n) is 17.8. The molecule has 1 heterocycles. The number of hydrogen-bond acceptors (Lipinski definition) is 5. The molecule has 5 aromatic rings. The molecule has 0 aliphatic heterocycles. The van der Waals surface area contributed by atoms with Gasteiger partial charge >= 0.3 is 0 Å². The first-order chi connectivity index (χ1) is 16.3. The molecule has 6 heteroatoms. The van der Waals surface area contributed by atoms with Crippen molar-refractivity contribution in [3.63, 3.8) is 0 Å². The van der Waals surface area contributed by atoms with Crippen LogP contribution in [0, 0.1) is 0 Å². The Morgan fingerprint density at radius 1 is 0.848 bits per heavy atom. The highest BCUT2D eigenvalue weighted by Crippen LogP contribution is 2.33. The summed E-state index contributed by atoms with van der Waals surface area (Å²) in [6, 6.07) is 32.0. The second kappa shape index (κ2) is 9.71. The summed E-state index contributed by atoms with van der Waals surface area (Å²) in [5, 5.41) is 9.34. The van der Waals surface area contributed by atoms with E-state index in [2.05, 4.69) is 27.6 Å². The lowest BCUT2D eigenvalue weighted by Gasteiger charge is -2.10. The van der Waals surface area contributed by atoms with Gasteiger partial charge in [-0.15, -0.1) is 0 Å². The number of carbonyl (C=O) groups is 1. The van der Waals surface area contributed by atoms with Crippen LogP contribution in [0.4, 0.5) is 5.69 Å². The van der Waals surface area contributed by atoms with Crippen LogP contribution in [0.25, 0.3) is 22.2 Å². The molecule has 0 atom stereocenters. The van der Waals surface area contributed by atoms with Gasteiger partial charge < -0.3 is 9.84 Å². The minimum Gasteiger partial charge on any atom is -0.339 e. The zero-order chi connectivity index (χ0) is 22.5. The monoisotopic (exact) mass is 451 g/mol. The molecule has 33 heavy (non-hydrogen) atoms. The van der Waals surface area contributed by atoms with Crippen LogP contribution in [0.1, 0.15) is 12.3 Å². The molecule has 4 aromatic carbocycles. The van der Waals surface area contributed by atoms with Crippen molar-refractivity contribution in [3.05, 3.63) is 103 Å². The Morgan fingerprint density at radius 2 is 1.61 bits per heavy atom. The number of nitrogens with zero attached hydrogens (tertiary/aromatic N) is 2. The van der Waals surface area contributed by atoms with Crippen LogP contribution in [0.3, 0.4) is 0 Å². The van der Waals surface area contributed by atoms with E-state index in [1.54, 1.807) is 11.8 Å². The average Bonchev–Trinajstić information content (AvgIpc) is 3.33. The number of aryl methyl sites for hydroxylation is 1. The Bertz CT molecular complexity index is 1390. The van der Waals surface area contributed by atoms with E-state index in [1.165, 1.54) is 0 Å². The summed E-state index contributed by atoms with van der Waals surface area (Å²) >= 11 is 1.62. The largest absolute Gasteiger partial charge is 0.339 e. The van der Waals surface area contributed by atoms with Crippen molar-refractivity contribution >= 4 is 34.1 Å². The van der Waals surface area contributed by atoms with Gasteiger partial charge in [-0.25, -0.2) is 0 Å². The van der Waals surface area contributed by atoms with E-state index in [4.69, 9.17) is 4.52 Å². The number of rotatable bonds is 7. The first-order valence-electron chi connectivity index (χ1n) is 10.7. The van der Waals surface area contributed by atoms with Gasteiger partial charge in [0, 0.05) is 28.2 Å². The Morgan fingerprint density at radius 3 is 2.52 bits per heavy atom. The summed E-state index contributed by atoms with van der Waals surface area (Å²) in [5.41, 5.74) is 1.71. The SMILES string of the molecule is O=C(CCc1nc(-c2cccc3ccccc23)no1)Nc1ccccc1Sc1ccccc1. The predicted molar refractivity (Wildman–Crippen MR) is 131 cm³/mol. The maximum Gasteiger partial charge on any atom is 0.227 e. The van der Waals surface area contributed by atoms with Gasteiger partial charge in [0.25, 0.3) is 0 Å². The van der Waals surface area contributed by atoms with Crippen LogP contribution in [-0.4, -0.2) is 16.0 Å². The molecular formula is C27H21N3O2S. The summed E-state index contributed by atoms with van der Waals surface area (Å²) in [7, 11) is 0. The number of hydrogen-bond donors (Lipinski definition) is 1. The molecule has 0 radical (unpaired) electrons. The molecule has 0 saturated heterocycles. The smallest absolute Gasteiger partial charge is 0.227 e. The van der Waals surface area contributed by atoms with Crippen molar-refractivity contribution in [1.82, 2.24) is 10.1 Å². The van der Waals surface area contributed by atoms with E-state index < -0.39 is 0 Å². The van der Waals surface area contributed by atoms with Crippen molar-refractivity contribution in [2.75, 3.05) is 5.32 Å². The molecule has 5 rings (SSSR count). The van der Waals surface area contributed by atoms with Crippen molar-refractivity contribution in [2.24, 2.45) is 0 Å². The van der Waals surface area contributed by atoms with Crippen LogP contribution in [0.15, 0.2) is 111 Å². The lowest BCUT2D eigenvalue weighted by atomic mass is 10.0. The first kappa shape index (κ1) is 21.0. The number of benzene rings is 4. The summed E-state index contributed by atoms with van der Waals surface area (Å²) in [6.07, 6.45) is 0.624. The van der Waals surface area contributed by atoms with Gasteiger partial charge in [-0.2, -0.15) is 4.98 Å². The molecular weight excluding hydrogens is 430 g/mol. The standard InChI is InChI=1S/C27H21N3O2S/c31-25(28-23-15-6-7-16-24(23)33-20-11-2-1-3-12-20)17-18-26-29-27(30-32-26)22-14-8-10-19-9-4-5-13-21(19)22/h1-16H,17-18H2,(H,28,31). The van der Waals surface area contributed by atoms with Gasteiger partial charge in [-0.3, -0.25) is 4.79 Å². The Hall–Kier alpha value is -3.90. The first-order valence-corrected chi connectivity index (χ1v) is 11.5. The van der Waals surface area contributed by atoms with E-state index in [0.29, 0.717) is 18.1 Å². The van der Waals surface area contributed by atoms with Crippen molar-refractivity contribution in [1.29, 1.82) is 0 Å². The fourth-order valence-electron chi connectivity index (χ4n) is 3.59. The third kappa shape index (κ3) is 4.96. The van der Waals surface area contributed by atoms with Gasteiger partial charge in [0.05, 0.1) is 5.69 Å². The number of aromatic nitrogens is 2. The molecule has 5 nitrogen and oxygen atoms in total. The van der Waals surface area contributed by atoms with Crippen LogP contribution in [0.2, 0.25) is 0 Å². The molecule has 0 bridgehead atoms. The van der Waals surface area contributed by atoms with Gasteiger partial charge in [0.1, 0.15) is 0 Å². The number of para-hydroxylation sites is 1. The third-order valence-corrected chi connectivity index (χ3v) is 6.28. The summed E-state index contributed by atoms with van der Waals surface area (Å²) in [4.78, 5) is 19.3. The molecule has 0 aliphatic rings. The Balaban J connectivity index is 1.24. The molecule has 0 fully saturated rings. The molecule has 0 saturated carbocycles. The van der Waals surface area contributed by atoms with Gasteiger partial charge in [0.15, 0.2) is 0 Å². The average molecular weight is 452 g/mol. The summed E-state index contributed by atoms with van der Waals surface area (Å²) < 4.78 is 5.43. The highest BCUT2D eigenvalue weighted by molar-refractivity contribution is 7.99. The van der Waals surface area contributed by atoms with Crippen LogP contribution >= 0.6 is 11.8 Å². The Kier molecular flexibility index (Phi) is 6.17. The van der Waals surface area contributed by atoms with Gasteiger partial charge in [-0.1, -0.05) is 89.7 Å². The van der Waals surface area contributed by atoms with Crippen LogP contribution < -0.4 is 5.32 Å². The number of amides is 1. The highest BCUT2D eigenvalue weighted by atomic mass is 32.2. The highest BCUT2D eigenvalue weighted by Gasteiger charge is 2.14. The summed E-state index contributed by atoms with van der Waals surface area (Å²) in [5.74, 6) is 0.882. The number of fused-ring (bicyclic) bond motifs is 1. The van der Waals surface area contributed by atoms with E-state index in [1.807, 2.05) is 84.9 Å². The van der Waals surface area contributed by atoms with E-state index in [0.717, 1.165) is 31.8 Å². The number of carbonyl (C=O) groups excluding carboxylic acids is 1. The Labute approximate surface area is 195 Å². The van der Waals surface area contributed by atoms with Crippen LogP contribution in [0.5, 0.6) is 0 Å². The lowest BCUT2D eigenvalue weighted by Crippen LogP contribution is -2.13. The normalized spacial score (nSPS) is 10.9. The lowest BCUT2D eigenvalue weighted by molar-refractivity contribution is -0.116. The van der Waals surface area contributed by atoms with E-state index in [9.17, 15) is 4.79 Å². The zero-order valence-corrected chi connectivity index (χ0v) is 18.6. The number of nitrogens with one attached hydrogen (secondary N) is 1. The van der Waals surface area contributed by atoms with E-state index >= 15 is 0 Å². The molecule has 0 spiro atoms. The minimum absolute atomic E-state index is 0.0963. The van der Waals surface area contributed by atoms with Crippen molar-refractivity contribution < 1.29 is 9.32 Å². The van der Waals surface area contributed by atoms with Gasteiger partial charge in [0.2, 0.25) is 17.6 Å². The second-order valence-electron chi connectivity index (χ2n) is 7.50. The second-order valence-corrected chi connectivity index (χ2v) is 8.61. The van der Waals surface area contributed by atoms with Crippen molar-refractivity contribution in [2.45, 2.75) is 22.6 Å². The third-order valence-electron chi connectivity index (χ3n) is 5.20. The fraction of sp³-hybridized carbons (Fsp3) is 0.0741. The maximum absolute atomic E-state index is 12.6. The fourth-order valence-corrected chi connectivity index (χ4v) is 4.52. The number of anilines is 1. The molecule has 0 unspecified atom stereocenters. The maximum atomic E-state index is 12.6. The summed E-state index contributed by atoms with van der Waals surface area (Å²) in [6.45, 7) is 0. The molecule has 1 aromatic heterocycles. The topological polar surface area (TPSA) is 68.0 Å². The minimum atomic E-state index is -0.0963. The van der Waals surface area contributed by atoms with Crippen molar-refractivity contribution in [3.8, 4) is 11.4 Å². The molecule has 162 valence electrons. The van der Waals surface area contributed by atoms with Crippen LogP contribution in [-0.2, 0) is 11.2 Å². The predicted octanol–water partition coefficient (Wildman–Crippen LogP) is 6.61.